The summed E-state index contributed by atoms with van der Waals surface area (Å²) < 4.78 is 0. The first-order chi connectivity index (χ1) is 23.5. The van der Waals surface area contributed by atoms with Crippen molar-refractivity contribution in [2.75, 3.05) is 19.6 Å². The molecule has 0 unspecified atom stereocenters. The number of hydrogen-bond acceptors (Lipinski definition) is 9. The molecule has 0 spiro atoms. The first-order valence-corrected chi connectivity index (χ1v) is 18.4. The highest BCUT2D eigenvalue weighted by atomic mass is 32.1. The number of carbonyl (C=O) groups is 4. The molecule has 0 saturated heterocycles. The van der Waals surface area contributed by atoms with Gasteiger partial charge in [0.05, 0.1) is 12.1 Å². The van der Waals surface area contributed by atoms with E-state index in [0.717, 1.165) is 17.0 Å². The maximum absolute atomic E-state index is 13.7. The Hall–Kier alpha value is -4.49. The minimum absolute atomic E-state index is 0.141. The predicted octanol–water partition coefficient (Wildman–Crippen LogP) is 5.58. The number of nitrogens with zero attached hydrogens (tertiary/aromatic N) is 4. The fraction of sp³-hybridized carbons (Fsp3) is 0.417. The van der Waals surface area contributed by atoms with Crippen LogP contribution in [0.4, 0.5) is 0 Å². The molecule has 2 atom stereocenters. The number of fused-ring (bicyclic) bond motifs is 4. The molecule has 4 bridgehead atoms. The molecule has 0 fully saturated rings. The minimum atomic E-state index is -0.494. The summed E-state index contributed by atoms with van der Waals surface area (Å²) in [5.41, 5.74) is 3.60. The molecule has 5 rings (SSSR count). The molecule has 3 aromatic heterocycles. The number of aromatic nitrogens is 3. The van der Waals surface area contributed by atoms with Crippen molar-refractivity contribution in [3.8, 4) is 0 Å². The molecule has 4 amide bonds. The average Bonchev–Trinajstić information content (AvgIpc) is 3.76. The Balaban J connectivity index is 1.42. The molecule has 0 radical (unpaired) electrons. The van der Waals surface area contributed by atoms with E-state index in [9.17, 15) is 19.2 Å². The smallest absolute Gasteiger partial charge is 0.271 e. The van der Waals surface area contributed by atoms with Crippen molar-refractivity contribution in [1.82, 2.24) is 35.8 Å². The van der Waals surface area contributed by atoms with Crippen molar-refractivity contribution in [3.63, 3.8) is 0 Å². The standard InChI is InChI=1S/C36H43N7O4S2/c1-22(2)16-27-34-42-30(21-49-34)33(46)40-28(19-25-10-6-5-7-11-25)35-41-29(20-48-35)32(45)37-13-9-15-43(14-8-12-31(44)39-27)36(47)26-17-23(3)38-24(4)18-26/h5-7,10-11,17-18,20-22,27-28H,8-9,12-16,19H2,1-4H3,(H,37,45)(H,39,44)(H,40,46)/t27-,28-/m0/s1. The second kappa shape index (κ2) is 16.8. The van der Waals surface area contributed by atoms with E-state index in [0.29, 0.717) is 60.9 Å². The maximum atomic E-state index is 13.7. The van der Waals surface area contributed by atoms with Crippen LogP contribution in [-0.2, 0) is 11.2 Å². The average molecular weight is 702 g/mol. The lowest BCUT2D eigenvalue weighted by Gasteiger charge is -2.24. The van der Waals surface area contributed by atoms with Crippen LogP contribution in [0.5, 0.6) is 0 Å². The van der Waals surface area contributed by atoms with E-state index in [1.165, 1.54) is 22.7 Å². The summed E-state index contributed by atoms with van der Waals surface area (Å²) in [6.07, 6.45) is 2.32. The van der Waals surface area contributed by atoms with Gasteiger partial charge in [-0.2, -0.15) is 0 Å². The molecule has 258 valence electrons. The minimum Gasteiger partial charge on any atom is -0.351 e. The molecule has 13 heteroatoms. The normalized spacial score (nSPS) is 18.3. The van der Waals surface area contributed by atoms with Crippen LogP contribution in [0, 0.1) is 19.8 Å². The third-order valence-electron chi connectivity index (χ3n) is 8.07. The lowest BCUT2D eigenvalue weighted by atomic mass is 10.0. The molecule has 49 heavy (non-hydrogen) atoms. The van der Waals surface area contributed by atoms with Crippen LogP contribution in [0.15, 0.2) is 53.2 Å². The van der Waals surface area contributed by atoms with Gasteiger partial charge in [0.1, 0.15) is 21.4 Å². The molecule has 1 aliphatic heterocycles. The second-order valence-corrected chi connectivity index (χ2v) is 14.5. The summed E-state index contributed by atoms with van der Waals surface area (Å²) in [5.74, 6) is -0.692. The van der Waals surface area contributed by atoms with Gasteiger partial charge in [-0.15, -0.1) is 22.7 Å². The van der Waals surface area contributed by atoms with Crippen LogP contribution in [0.3, 0.4) is 0 Å². The Kier molecular flexibility index (Phi) is 12.2. The number of thiazole rings is 2. The Bertz CT molecular complexity index is 1750. The Morgan fingerprint density at radius 2 is 1.49 bits per heavy atom. The molecule has 3 N–H and O–H groups in total. The molecule has 0 saturated carbocycles. The summed E-state index contributed by atoms with van der Waals surface area (Å²) in [4.78, 5) is 69.0. The fourth-order valence-electron chi connectivity index (χ4n) is 5.79. The Morgan fingerprint density at radius 3 is 2.16 bits per heavy atom. The number of carbonyl (C=O) groups excluding carboxylic acids is 4. The van der Waals surface area contributed by atoms with Crippen molar-refractivity contribution in [2.24, 2.45) is 5.92 Å². The lowest BCUT2D eigenvalue weighted by Crippen LogP contribution is -2.36. The highest BCUT2D eigenvalue weighted by molar-refractivity contribution is 7.10. The van der Waals surface area contributed by atoms with Gasteiger partial charge in [-0.05, 0) is 63.1 Å². The summed E-state index contributed by atoms with van der Waals surface area (Å²) >= 11 is 2.66. The van der Waals surface area contributed by atoms with E-state index >= 15 is 0 Å². The Labute approximate surface area is 295 Å². The number of nitrogens with one attached hydrogen (secondary N) is 3. The summed E-state index contributed by atoms with van der Waals surface area (Å²) in [6.45, 7) is 8.96. The number of aryl methyl sites for hydroxylation is 2. The quantitative estimate of drug-likeness (QED) is 0.246. The summed E-state index contributed by atoms with van der Waals surface area (Å²) in [7, 11) is 0. The molecular formula is C36H43N7O4S2. The molecule has 1 aliphatic rings. The van der Waals surface area contributed by atoms with Crippen LogP contribution in [-0.4, -0.2) is 63.1 Å². The monoisotopic (exact) mass is 701 g/mol. The van der Waals surface area contributed by atoms with Gasteiger partial charge in [-0.1, -0.05) is 44.2 Å². The first kappa shape index (κ1) is 35.8. The van der Waals surface area contributed by atoms with Crippen molar-refractivity contribution < 1.29 is 19.2 Å². The van der Waals surface area contributed by atoms with Crippen LogP contribution < -0.4 is 16.0 Å². The summed E-state index contributed by atoms with van der Waals surface area (Å²) in [5, 5.41) is 13.8. The Morgan fingerprint density at radius 1 is 0.857 bits per heavy atom. The van der Waals surface area contributed by atoms with E-state index in [-0.39, 0.29) is 53.4 Å². The van der Waals surface area contributed by atoms with E-state index < -0.39 is 6.04 Å². The van der Waals surface area contributed by atoms with Crippen LogP contribution in [0.2, 0.25) is 0 Å². The topological polar surface area (TPSA) is 146 Å². The number of amides is 4. The van der Waals surface area contributed by atoms with Gasteiger partial charge in [-0.3, -0.25) is 24.2 Å². The highest BCUT2D eigenvalue weighted by Gasteiger charge is 2.26. The van der Waals surface area contributed by atoms with Crippen LogP contribution in [0.1, 0.15) is 110 Å². The fourth-order valence-corrected chi connectivity index (χ4v) is 7.51. The SMILES string of the molecule is Cc1cc(C(=O)N2CCCNC(=O)c3csc(n3)[C@H](Cc3ccccc3)NC(=O)c3csc(n3)[C@H](CC(C)C)NC(=O)CCC2)cc(C)n1. The lowest BCUT2D eigenvalue weighted by molar-refractivity contribution is -0.122. The van der Waals surface area contributed by atoms with Gasteiger partial charge < -0.3 is 20.9 Å². The zero-order valence-electron chi connectivity index (χ0n) is 28.3. The van der Waals surface area contributed by atoms with Crippen molar-refractivity contribution >= 4 is 46.3 Å². The van der Waals surface area contributed by atoms with Crippen LogP contribution >= 0.6 is 22.7 Å². The van der Waals surface area contributed by atoms with Crippen molar-refractivity contribution in [3.05, 3.63) is 97.1 Å². The number of pyridine rings is 1. The van der Waals surface area contributed by atoms with E-state index in [1.807, 2.05) is 44.2 Å². The molecule has 1 aromatic carbocycles. The second-order valence-electron chi connectivity index (χ2n) is 12.8. The number of hydrogen-bond donors (Lipinski definition) is 3. The van der Waals surface area contributed by atoms with E-state index in [4.69, 9.17) is 0 Å². The predicted molar refractivity (Wildman–Crippen MR) is 191 cm³/mol. The van der Waals surface area contributed by atoms with Gasteiger partial charge in [0.15, 0.2) is 0 Å². The highest BCUT2D eigenvalue weighted by Crippen LogP contribution is 2.27. The van der Waals surface area contributed by atoms with Gasteiger partial charge in [0.2, 0.25) is 5.91 Å². The van der Waals surface area contributed by atoms with Gasteiger partial charge in [0.25, 0.3) is 17.7 Å². The van der Waals surface area contributed by atoms with Gasteiger partial charge in [-0.25, -0.2) is 9.97 Å². The molecule has 0 aliphatic carbocycles. The van der Waals surface area contributed by atoms with Gasteiger partial charge in [0, 0.05) is 53.8 Å². The largest absolute Gasteiger partial charge is 0.351 e. The molecule has 4 aromatic rings. The number of benzene rings is 1. The van der Waals surface area contributed by atoms with Gasteiger partial charge >= 0.3 is 0 Å². The number of rotatable bonds is 5. The maximum Gasteiger partial charge on any atom is 0.271 e. The van der Waals surface area contributed by atoms with Crippen molar-refractivity contribution in [2.45, 2.75) is 71.9 Å². The molecular weight excluding hydrogens is 659 g/mol. The van der Waals surface area contributed by atoms with E-state index in [2.05, 4.69) is 44.7 Å². The third kappa shape index (κ3) is 10.0. The molecule has 4 heterocycles. The molecule has 11 nitrogen and oxygen atoms in total. The third-order valence-corrected chi connectivity index (χ3v) is 9.99. The first-order valence-electron chi connectivity index (χ1n) is 16.6. The zero-order chi connectivity index (χ0) is 34.9. The van der Waals surface area contributed by atoms with Crippen LogP contribution in [0.25, 0.3) is 0 Å². The van der Waals surface area contributed by atoms with Crippen molar-refractivity contribution in [1.29, 1.82) is 0 Å². The van der Waals surface area contributed by atoms with E-state index in [1.54, 1.807) is 27.8 Å². The zero-order valence-corrected chi connectivity index (χ0v) is 30.0. The summed E-state index contributed by atoms with van der Waals surface area (Å²) in [6, 6.07) is 12.5.